The van der Waals surface area contributed by atoms with E-state index < -0.39 is 5.82 Å². The van der Waals surface area contributed by atoms with Crippen molar-refractivity contribution in [2.24, 2.45) is 0 Å². The van der Waals surface area contributed by atoms with E-state index in [1.165, 1.54) is 12.1 Å². The zero-order valence-corrected chi connectivity index (χ0v) is 13.5. The summed E-state index contributed by atoms with van der Waals surface area (Å²) in [5.74, 6) is -0.568. The zero-order chi connectivity index (χ0) is 16.4. The third-order valence-corrected chi connectivity index (χ3v) is 4.71. The van der Waals surface area contributed by atoms with Crippen LogP contribution >= 0.6 is 11.6 Å². The minimum absolute atomic E-state index is 0.0798. The molecule has 2 amide bonds. The second-order valence-corrected chi connectivity index (χ2v) is 6.30. The van der Waals surface area contributed by atoms with Crippen LogP contribution in [0.3, 0.4) is 0 Å². The summed E-state index contributed by atoms with van der Waals surface area (Å²) in [6, 6.07) is 3.69. The van der Waals surface area contributed by atoms with Gasteiger partial charge in [0.15, 0.2) is 0 Å². The largest absolute Gasteiger partial charge is 0.338 e. The molecule has 23 heavy (non-hydrogen) atoms. The lowest BCUT2D eigenvalue weighted by atomic mass is 10.1. The molecule has 3 rings (SSSR count). The van der Waals surface area contributed by atoms with Gasteiger partial charge < -0.3 is 15.1 Å². The van der Waals surface area contributed by atoms with Crippen LogP contribution in [0, 0.1) is 5.82 Å². The molecule has 0 spiro atoms. The van der Waals surface area contributed by atoms with Gasteiger partial charge in [-0.25, -0.2) is 4.39 Å². The molecule has 0 bridgehead atoms. The van der Waals surface area contributed by atoms with Gasteiger partial charge in [-0.1, -0.05) is 11.6 Å². The molecule has 1 N–H and O–H groups in total. The minimum Gasteiger partial charge on any atom is -0.338 e. The summed E-state index contributed by atoms with van der Waals surface area (Å²) in [6.07, 6.45) is 1.90. The Labute approximate surface area is 139 Å². The second-order valence-electron chi connectivity index (χ2n) is 5.89. The second kappa shape index (κ2) is 6.84. The highest BCUT2D eigenvalue weighted by molar-refractivity contribution is 6.33. The van der Waals surface area contributed by atoms with Crippen LogP contribution in [0.1, 0.15) is 23.2 Å². The smallest absolute Gasteiger partial charge is 0.255 e. The van der Waals surface area contributed by atoms with Crippen molar-refractivity contribution in [2.75, 3.05) is 32.7 Å². The molecule has 5 nitrogen and oxygen atoms in total. The first kappa shape index (κ1) is 16.2. The molecule has 0 aliphatic carbocycles. The first-order valence-corrected chi connectivity index (χ1v) is 8.20. The van der Waals surface area contributed by atoms with Gasteiger partial charge >= 0.3 is 0 Å². The van der Waals surface area contributed by atoms with Gasteiger partial charge in [0.2, 0.25) is 5.91 Å². The lowest BCUT2D eigenvalue weighted by Gasteiger charge is -2.36. The van der Waals surface area contributed by atoms with E-state index in [1.807, 2.05) is 0 Å². The van der Waals surface area contributed by atoms with Gasteiger partial charge in [0.25, 0.3) is 5.91 Å². The van der Waals surface area contributed by atoms with Crippen molar-refractivity contribution in [1.82, 2.24) is 15.1 Å². The number of rotatable bonds is 2. The third-order valence-electron chi connectivity index (χ3n) is 4.40. The summed E-state index contributed by atoms with van der Waals surface area (Å²) in [6.45, 7) is 2.84. The summed E-state index contributed by atoms with van der Waals surface area (Å²) >= 11 is 5.95. The predicted molar refractivity (Wildman–Crippen MR) is 84.9 cm³/mol. The average molecular weight is 340 g/mol. The molecule has 0 radical (unpaired) electrons. The van der Waals surface area contributed by atoms with Crippen LogP contribution in [0.15, 0.2) is 18.2 Å². The molecule has 2 aliphatic rings. The van der Waals surface area contributed by atoms with E-state index in [0.717, 1.165) is 25.5 Å². The van der Waals surface area contributed by atoms with E-state index in [4.69, 9.17) is 11.6 Å². The summed E-state index contributed by atoms with van der Waals surface area (Å²) in [4.78, 5) is 28.3. The van der Waals surface area contributed by atoms with Crippen molar-refractivity contribution >= 4 is 23.4 Å². The van der Waals surface area contributed by atoms with Crippen LogP contribution in [-0.2, 0) is 4.79 Å². The maximum atomic E-state index is 13.1. The highest BCUT2D eigenvalue weighted by Gasteiger charge is 2.30. The van der Waals surface area contributed by atoms with E-state index in [9.17, 15) is 14.0 Å². The van der Waals surface area contributed by atoms with Gasteiger partial charge in [-0.3, -0.25) is 9.59 Å². The van der Waals surface area contributed by atoms with Crippen molar-refractivity contribution in [3.05, 3.63) is 34.6 Å². The first-order chi connectivity index (χ1) is 11.1. The zero-order valence-electron chi connectivity index (χ0n) is 12.7. The standard InChI is InChI=1S/C16H19ClFN3O2/c17-13-10-11(18)3-4-12(13)15(22)20-6-8-21(9-7-20)16(23)14-2-1-5-19-14/h3-4,10,14,19H,1-2,5-9H2. The predicted octanol–water partition coefficient (Wildman–Crippen LogP) is 1.52. The number of halogens is 2. The number of piperazine rings is 1. The molecule has 1 aromatic rings. The molecule has 1 aromatic carbocycles. The molecule has 124 valence electrons. The molecule has 2 saturated heterocycles. The first-order valence-electron chi connectivity index (χ1n) is 7.83. The van der Waals surface area contributed by atoms with Crippen molar-refractivity contribution in [3.8, 4) is 0 Å². The van der Waals surface area contributed by atoms with E-state index >= 15 is 0 Å². The van der Waals surface area contributed by atoms with Gasteiger partial charge in [0.1, 0.15) is 5.82 Å². The monoisotopic (exact) mass is 339 g/mol. The molecule has 0 aromatic heterocycles. The maximum absolute atomic E-state index is 13.1. The highest BCUT2D eigenvalue weighted by atomic mass is 35.5. The Balaban J connectivity index is 1.60. The van der Waals surface area contributed by atoms with Crippen LogP contribution in [-0.4, -0.2) is 60.4 Å². The number of amides is 2. The minimum atomic E-state index is -0.467. The summed E-state index contributed by atoms with van der Waals surface area (Å²) in [5.41, 5.74) is 0.297. The van der Waals surface area contributed by atoms with Gasteiger partial charge in [-0.2, -0.15) is 0 Å². The Morgan fingerprint density at radius 2 is 1.87 bits per heavy atom. The Kier molecular flexibility index (Phi) is 4.82. The summed E-state index contributed by atoms with van der Waals surface area (Å²) in [7, 11) is 0. The van der Waals surface area contributed by atoms with E-state index in [2.05, 4.69) is 5.32 Å². The van der Waals surface area contributed by atoms with Gasteiger partial charge in [0, 0.05) is 26.2 Å². The molecule has 0 saturated carbocycles. The van der Waals surface area contributed by atoms with Crippen LogP contribution in [0.5, 0.6) is 0 Å². The molecular formula is C16H19ClFN3O2. The Morgan fingerprint density at radius 1 is 1.17 bits per heavy atom. The molecule has 2 fully saturated rings. The third kappa shape index (κ3) is 3.48. The summed E-state index contributed by atoms with van der Waals surface area (Å²) in [5, 5.41) is 3.32. The Hall–Kier alpha value is -1.66. The maximum Gasteiger partial charge on any atom is 0.255 e. The Bertz CT molecular complexity index is 611. The van der Waals surface area contributed by atoms with Crippen molar-refractivity contribution in [2.45, 2.75) is 18.9 Å². The highest BCUT2D eigenvalue weighted by Crippen LogP contribution is 2.20. The van der Waals surface area contributed by atoms with Gasteiger partial charge in [-0.15, -0.1) is 0 Å². The normalized spacial score (nSPS) is 21.6. The number of hydrogen-bond acceptors (Lipinski definition) is 3. The number of carbonyl (C=O) groups excluding carboxylic acids is 2. The average Bonchev–Trinajstić information content (AvgIpc) is 3.08. The fraction of sp³-hybridized carbons (Fsp3) is 0.500. The lowest BCUT2D eigenvalue weighted by molar-refractivity contribution is -0.134. The number of carbonyl (C=O) groups is 2. The van der Waals surface area contributed by atoms with Crippen LogP contribution in [0.4, 0.5) is 4.39 Å². The number of benzene rings is 1. The van der Waals surface area contributed by atoms with E-state index in [-0.39, 0.29) is 22.9 Å². The molecule has 2 aliphatic heterocycles. The van der Waals surface area contributed by atoms with E-state index in [0.29, 0.717) is 31.7 Å². The molecule has 1 atom stereocenters. The van der Waals surface area contributed by atoms with Crippen molar-refractivity contribution < 1.29 is 14.0 Å². The van der Waals surface area contributed by atoms with Crippen LogP contribution < -0.4 is 5.32 Å². The quantitative estimate of drug-likeness (QED) is 0.888. The number of hydrogen-bond donors (Lipinski definition) is 1. The van der Waals surface area contributed by atoms with Crippen LogP contribution in [0.25, 0.3) is 0 Å². The van der Waals surface area contributed by atoms with Gasteiger partial charge in [-0.05, 0) is 37.6 Å². The van der Waals surface area contributed by atoms with Crippen LogP contribution in [0.2, 0.25) is 5.02 Å². The SMILES string of the molecule is O=C(c1ccc(F)cc1Cl)N1CCN(C(=O)C2CCCN2)CC1. The fourth-order valence-electron chi connectivity index (χ4n) is 3.08. The molecular weight excluding hydrogens is 321 g/mol. The summed E-state index contributed by atoms with van der Waals surface area (Å²) < 4.78 is 13.1. The number of nitrogens with zero attached hydrogens (tertiary/aromatic N) is 2. The number of nitrogens with one attached hydrogen (secondary N) is 1. The Morgan fingerprint density at radius 3 is 2.48 bits per heavy atom. The van der Waals surface area contributed by atoms with Gasteiger partial charge in [0.05, 0.1) is 16.6 Å². The molecule has 7 heteroatoms. The molecule has 2 heterocycles. The van der Waals surface area contributed by atoms with Crippen molar-refractivity contribution in [1.29, 1.82) is 0 Å². The lowest BCUT2D eigenvalue weighted by Crippen LogP contribution is -2.54. The fourth-order valence-corrected chi connectivity index (χ4v) is 3.33. The van der Waals surface area contributed by atoms with Crippen molar-refractivity contribution in [3.63, 3.8) is 0 Å². The molecule has 1 unspecified atom stereocenters. The van der Waals surface area contributed by atoms with E-state index in [1.54, 1.807) is 9.80 Å². The topological polar surface area (TPSA) is 52.7 Å².